The topological polar surface area (TPSA) is 92.9 Å². The minimum Gasteiger partial charge on any atom is -0.464 e. The van der Waals surface area contributed by atoms with Crippen LogP contribution in [-0.4, -0.2) is 66.4 Å². The lowest BCUT2D eigenvalue weighted by molar-refractivity contribution is -0.152. The van der Waals surface area contributed by atoms with Gasteiger partial charge < -0.3 is 20.3 Å². The van der Waals surface area contributed by atoms with E-state index in [2.05, 4.69) is 0 Å². The molecule has 1 atom stereocenters. The lowest BCUT2D eigenvalue weighted by atomic mass is 10.1. The average molecular weight is 299 g/mol. The summed E-state index contributed by atoms with van der Waals surface area (Å²) in [5.74, 6) is -0.730. The van der Waals surface area contributed by atoms with Crippen molar-refractivity contribution in [2.24, 2.45) is 11.7 Å². The Hall–Kier alpha value is -1.63. The van der Waals surface area contributed by atoms with Gasteiger partial charge in [0.25, 0.3) is 5.91 Å². The molecule has 7 heteroatoms. The van der Waals surface area contributed by atoms with Gasteiger partial charge in [0.2, 0.25) is 5.91 Å². The number of ether oxygens (including phenoxy) is 1. The van der Waals surface area contributed by atoms with Crippen LogP contribution < -0.4 is 5.73 Å². The van der Waals surface area contributed by atoms with Crippen molar-refractivity contribution >= 4 is 17.8 Å². The van der Waals surface area contributed by atoms with Crippen molar-refractivity contribution in [3.63, 3.8) is 0 Å². The molecule has 1 aliphatic heterocycles. The summed E-state index contributed by atoms with van der Waals surface area (Å²) in [4.78, 5) is 38.7. The summed E-state index contributed by atoms with van der Waals surface area (Å²) in [6.45, 7) is 7.60. The first-order valence-electron chi connectivity index (χ1n) is 7.35. The molecule has 0 saturated carbocycles. The van der Waals surface area contributed by atoms with Crippen molar-refractivity contribution in [3.8, 4) is 0 Å². The van der Waals surface area contributed by atoms with Gasteiger partial charge in [-0.2, -0.15) is 0 Å². The van der Waals surface area contributed by atoms with Gasteiger partial charge in [0.05, 0.1) is 6.61 Å². The number of nitrogens with two attached hydrogens (primary N) is 1. The molecule has 1 fully saturated rings. The smallest absolute Gasteiger partial charge is 0.332 e. The van der Waals surface area contributed by atoms with Crippen LogP contribution in [0.2, 0.25) is 0 Å². The van der Waals surface area contributed by atoms with Crippen LogP contribution in [-0.2, 0) is 19.1 Å². The molecule has 1 heterocycles. The molecule has 21 heavy (non-hydrogen) atoms. The molecular formula is C14H25N3O4. The monoisotopic (exact) mass is 299 g/mol. The molecule has 0 aromatic rings. The van der Waals surface area contributed by atoms with Gasteiger partial charge in [0.15, 0.2) is 6.04 Å². The van der Waals surface area contributed by atoms with Gasteiger partial charge in [-0.3, -0.25) is 9.59 Å². The number of amides is 2. The molecule has 0 aliphatic carbocycles. The van der Waals surface area contributed by atoms with Gasteiger partial charge in [-0.05, 0) is 12.8 Å². The third-order valence-corrected chi connectivity index (χ3v) is 3.33. The highest BCUT2D eigenvalue weighted by Gasteiger charge is 2.31. The predicted octanol–water partition coefficient (Wildman–Crippen LogP) is -0.406. The second kappa shape index (κ2) is 7.97. The molecule has 1 saturated heterocycles. The minimum atomic E-state index is -1.28. The number of carbonyl (C=O) groups excluding carboxylic acids is 3. The predicted molar refractivity (Wildman–Crippen MR) is 77.2 cm³/mol. The summed E-state index contributed by atoms with van der Waals surface area (Å²) >= 11 is 0. The standard InChI is InChI=1S/C14H25N3O4/c1-4-21-14(20)12(15)13(19)17-7-5-16(6-8-17)11(18)9-10(2)3/h10,12H,4-9,15H2,1-3H3. The zero-order valence-electron chi connectivity index (χ0n) is 13.0. The second-order valence-electron chi connectivity index (χ2n) is 5.53. The fourth-order valence-corrected chi connectivity index (χ4v) is 2.18. The van der Waals surface area contributed by atoms with Crippen LogP contribution in [0, 0.1) is 5.92 Å². The number of hydrogen-bond acceptors (Lipinski definition) is 5. The highest BCUT2D eigenvalue weighted by Crippen LogP contribution is 2.09. The van der Waals surface area contributed by atoms with Crippen LogP contribution in [0.15, 0.2) is 0 Å². The fourth-order valence-electron chi connectivity index (χ4n) is 2.18. The molecule has 0 bridgehead atoms. The van der Waals surface area contributed by atoms with E-state index in [0.29, 0.717) is 38.5 Å². The van der Waals surface area contributed by atoms with Crippen molar-refractivity contribution in [1.29, 1.82) is 0 Å². The lowest BCUT2D eigenvalue weighted by Crippen LogP contribution is -2.56. The number of esters is 1. The summed E-state index contributed by atoms with van der Waals surface area (Å²) in [5.41, 5.74) is 5.59. The Balaban J connectivity index is 2.47. The van der Waals surface area contributed by atoms with Crippen molar-refractivity contribution in [2.45, 2.75) is 33.2 Å². The number of carbonyl (C=O) groups is 3. The molecule has 1 unspecified atom stereocenters. The molecule has 0 aromatic heterocycles. The quantitative estimate of drug-likeness (QED) is 0.550. The van der Waals surface area contributed by atoms with Crippen molar-refractivity contribution in [1.82, 2.24) is 9.80 Å². The molecule has 0 radical (unpaired) electrons. The zero-order chi connectivity index (χ0) is 16.0. The Morgan fingerprint density at radius 3 is 2.10 bits per heavy atom. The Morgan fingerprint density at radius 2 is 1.62 bits per heavy atom. The fraction of sp³-hybridized carbons (Fsp3) is 0.786. The normalized spacial score (nSPS) is 16.8. The maximum absolute atomic E-state index is 12.1. The van der Waals surface area contributed by atoms with Gasteiger partial charge in [-0.1, -0.05) is 13.8 Å². The molecule has 120 valence electrons. The van der Waals surface area contributed by atoms with Gasteiger partial charge in [-0.15, -0.1) is 0 Å². The largest absolute Gasteiger partial charge is 0.464 e. The van der Waals surface area contributed by atoms with Crippen LogP contribution in [0.3, 0.4) is 0 Å². The number of piperazine rings is 1. The number of rotatable bonds is 5. The highest BCUT2D eigenvalue weighted by atomic mass is 16.5. The zero-order valence-corrected chi connectivity index (χ0v) is 13.0. The lowest BCUT2D eigenvalue weighted by Gasteiger charge is -2.35. The minimum absolute atomic E-state index is 0.104. The van der Waals surface area contributed by atoms with Gasteiger partial charge in [-0.25, -0.2) is 4.79 Å². The van der Waals surface area contributed by atoms with Crippen LogP contribution in [0.1, 0.15) is 27.2 Å². The molecule has 2 N–H and O–H groups in total. The Kier molecular flexibility index (Phi) is 6.61. The first kappa shape index (κ1) is 17.4. The van der Waals surface area contributed by atoms with E-state index in [0.717, 1.165) is 0 Å². The first-order chi connectivity index (χ1) is 9.86. The molecule has 1 rings (SSSR count). The van der Waals surface area contributed by atoms with Crippen molar-refractivity contribution < 1.29 is 19.1 Å². The molecular weight excluding hydrogens is 274 g/mol. The van der Waals surface area contributed by atoms with Gasteiger partial charge in [0.1, 0.15) is 0 Å². The number of hydrogen-bond donors (Lipinski definition) is 1. The van der Waals surface area contributed by atoms with E-state index in [9.17, 15) is 14.4 Å². The van der Waals surface area contributed by atoms with E-state index in [1.807, 2.05) is 13.8 Å². The van der Waals surface area contributed by atoms with E-state index in [4.69, 9.17) is 10.5 Å². The summed E-state index contributed by atoms with van der Waals surface area (Å²) in [5, 5.41) is 0. The maximum atomic E-state index is 12.1. The van der Waals surface area contributed by atoms with Gasteiger partial charge >= 0.3 is 5.97 Å². The molecule has 0 aromatic carbocycles. The van der Waals surface area contributed by atoms with Crippen LogP contribution in [0.4, 0.5) is 0 Å². The van der Waals surface area contributed by atoms with E-state index < -0.39 is 17.9 Å². The summed E-state index contributed by atoms with van der Waals surface area (Å²) in [7, 11) is 0. The molecule has 1 aliphatic rings. The van der Waals surface area contributed by atoms with E-state index in [1.165, 1.54) is 4.90 Å². The average Bonchev–Trinajstić information content (AvgIpc) is 2.45. The third kappa shape index (κ3) is 5.00. The molecule has 2 amide bonds. The summed E-state index contributed by atoms with van der Waals surface area (Å²) in [6, 6.07) is -1.28. The van der Waals surface area contributed by atoms with Crippen molar-refractivity contribution in [2.75, 3.05) is 32.8 Å². The molecule has 7 nitrogen and oxygen atoms in total. The van der Waals surface area contributed by atoms with Gasteiger partial charge in [0, 0.05) is 32.6 Å². The third-order valence-electron chi connectivity index (χ3n) is 3.33. The Morgan fingerprint density at radius 1 is 1.10 bits per heavy atom. The summed E-state index contributed by atoms with van der Waals surface area (Å²) < 4.78 is 4.74. The Bertz CT molecular complexity index is 390. The SMILES string of the molecule is CCOC(=O)C(N)C(=O)N1CCN(C(=O)CC(C)C)CC1. The van der Waals surface area contributed by atoms with Crippen LogP contribution in [0.25, 0.3) is 0 Å². The van der Waals surface area contributed by atoms with E-state index >= 15 is 0 Å². The Labute approximate surface area is 125 Å². The second-order valence-corrected chi connectivity index (χ2v) is 5.53. The highest BCUT2D eigenvalue weighted by molar-refractivity contribution is 6.01. The first-order valence-corrected chi connectivity index (χ1v) is 7.35. The van der Waals surface area contributed by atoms with Crippen molar-refractivity contribution in [3.05, 3.63) is 0 Å². The van der Waals surface area contributed by atoms with E-state index in [1.54, 1.807) is 11.8 Å². The number of nitrogens with zero attached hydrogens (tertiary/aromatic N) is 2. The maximum Gasteiger partial charge on any atom is 0.332 e. The van der Waals surface area contributed by atoms with Crippen LogP contribution >= 0.6 is 0 Å². The summed E-state index contributed by atoms with van der Waals surface area (Å²) in [6.07, 6.45) is 0.510. The van der Waals surface area contributed by atoms with E-state index in [-0.39, 0.29) is 12.5 Å². The van der Waals surface area contributed by atoms with Crippen LogP contribution in [0.5, 0.6) is 0 Å². The molecule has 0 spiro atoms.